The zero-order valence-corrected chi connectivity index (χ0v) is 11.8. The van der Waals surface area contributed by atoms with E-state index in [0.29, 0.717) is 16.4 Å². The number of amides is 1. The highest BCUT2D eigenvalue weighted by atomic mass is 35.5. The average Bonchev–Trinajstić information content (AvgIpc) is 2.35. The Morgan fingerprint density at radius 3 is 2.95 bits per heavy atom. The van der Waals surface area contributed by atoms with Crippen LogP contribution in [0.15, 0.2) is 12.3 Å². The fourth-order valence-electron chi connectivity index (χ4n) is 2.03. The molecule has 0 unspecified atom stereocenters. The first-order valence-corrected chi connectivity index (χ1v) is 6.75. The molecule has 0 aliphatic heterocycles. The number of carbonyl (C=O) groups excluding carboxylic acids is 1. The van der Waals surface area contributed by atoms with Crippen molar-refractivity contribution in [2.75, 3.05) is 19.0 Å². The van der Waals surface area contributed by atoms with E-state index in [2.05, 4.69) is 15.6 Å². The highest BCUT2D eigenvalue weighted by molar-refractivity contribution is 6.33. The van der Waals surface area contributed by atoms with Gasteiger partial charge in [0.15, 0.2) is 0 Å². The minimum atomic E-state index is -0.161. The van der Waals surface area contributed by atoms with E-state index in [1.807, 2.05) is 6.92 Å². The first-order chi connectivity index (χ1) is 9.13. The van der Waals surface area contributed by atoms with Crippen LogP contribution in [0, 0.1) is 0 Å². The number of anilines is 1. The Morgan fingerprint density at radius 2 is 2.32 bits per heavy atom. The summed E-state index contributed by atoms with van der Waals surface area (Å²) in [6.45, 7) is 2.71. The van der Waals surface area contributed by atoms with Gasteiger partial charge < -0.3 is 15.4 Å². The normalized spacial score (nSPS) is 21.6. The Kier molecular flexibility index (Phi) is 4.61. The van der Waals surface area contributed by atoms with Crippen LogP contribution >= 0.6 is 11.6 Å². The number of methoxy groups -OCH3 is 1. The lowest BCUT2D eigenvalue weighted by atomic mass is 9.89. The number of ether oxygens (including phenoxy) is 1. The van der Waals surface area contributed by atoms with Crippen LogP contribution in [0.5, 0.6) is 0 Å². The Bertz CT molecular complexity index is 461. The SMILES string of the molecule is CCNc1cc(C(=O)NC2CC(OC)C2)c(Cl)cn1. The van der Waals surface area contributed by atoms with Gasteiger partial charge in [-0.05, 0) is 25.8 Å². The maximum absolute atomic E-state index is 12.1. The van der Waals surface area contributed by atoms with Gasteiger partial charge in [-0.15, -0.1) is 0 Å². The summed E-state index contributed by atoms with van der Waals surface area (Å²) in [4.78, 5) is 16.2. The van der Waals surface area contributed by atoms with E-state index in [0.717, 1.165) is 19.4 Å². The molecule has 19 heavy (non-hydrogen) atoms. The third-order valence-corrected chi connectivity index (χ3v) is 3.52. The van der Waals surface area contributed by atoms with E-state index in [4.69, 9.17) is 16.3 Å². The van der Waals surface area contributed by atoms with Gasteiger partial charge in [0.25, 0.3) is 5.91 Å². The minimum absolute atomic E-state index is 0.161. The fourth-order valence-corrected chi connectivity index (χ4v) is 2.22. The van der Waals surface area contributed by atoms with Crippen molar-refractivity contribution in [1.29, 1.82) is 0 Å². The Balaban J connectivity index is 2.00. The third-order valence-electron chi connectivity index (χ3n) is 3.22. The highest BCUT2D eigenvalue weighted by Gasteiger charge is 2.30. The molecule has 5 nitrogen and oxygen atoms in total. The van der Waals surface area contributed by atoms with Crippen molar-refractivity contribution in [3.05, 3.63) is 22.8 Å². The van der Waals surface area contributed by atoms with Crippen LogP contribution in [0.1, 0.15) is 30.1 Å². The fraction of sp³-hybridized carbons (Fsp3) is 0.538. The van der Waals surface area contributed by atoms with Crippen molar-refractivity contribution >= 4 is 23.3 Å². The maximum Gasteiger partial charge on any atom is 0.253 e. The second-order valence-electron chi connectivity index (χ2n) is 4.58. The molecule has 2 N–H and O–H groups in total. The third kappa shape index (κ3) is 3.36. The van der Waals surface area contributed by atoms with E-state index in [1.165, 1.54) is 6.20 Å². The van der Waals surface area contributed by atoms with Gasteiger partial charge in [-0.1, -0.05) is 11.6 Å². The molecule has 1 amide bonds. The number of carbonyl (C=O) groups is 1. The zero-order chi connectivity index (χ0) is 13.8. The molecule has 0 atom stereocenters. The predicted molar refractivity (Wildman–Crippen MR) is 74.7 cm³/mol. The Hall–Kier alpha value is -1.33. The summed E-state index contributed by atoms with van der Waals surface area (Å²) in [6, 6.07) is 1.84. The lowest BCUT2D eigenvalue weighted by Crippen LogP contribution is -2.47. The topological polar surface area (TPSA) is 63.2 Å². The van der Waals surface area contributed by atoms with Gasteiger partial charge >= 0.3 is 0 Å². The van der Waals surface area contributed by atoms with Gasteiger partial charge in [-0.25, -0.2) is 4.98 Å². The van der Waals surface area contributed by atoms with E-state index in [9.17, 15) is 4.79 Å². The molecule has 1 aromatic rings. The molecule has 0 spiro atoms. The van der Waals surface area contributed by atoms with Crippen LogP contribution in [0.4, 0.5) is 5.82 Å². The monoisotopic (exact) mass is 283 g/mol. The minimum Gasteiger partial charge on any atom is -0.381 e. The van der Waals surface area contributed by atoms with Crippen LogP contribution < -0.4 is 10.6 Å². The summed E-state index contributed by atoms with van der Waals surface area (Å²) in [7, 11) is 1.69. The van der Waals surface area contributed by atoms with Gasteiger partial charge in [0.1, 0.15) is 5.82 Å². The molecule has 0 saturated heterocycles. The van der Waals surface area contributed by atoms with Crippen LogP contribution in [-0.2, 0) is 4.74 Å². The van der Waals surface area contributed by atoms with Crippen LogP contribution in [0.25, 0.3) is 0 Å². The van der Waals surface area contributed by atoms with Crippen LogP contribution in [-0.4, -0.2) is 36.7 Å². The zero-order valence-electron chi connectivity index (χ0n) is 11.1. The molecule has 1 aromatic heterocycles. The average molecular weight is 284 g/mol. The van der Waals surface area contributed by atoms with E-state index >= 15 is 0 Å². The summed E-state index contributed by atoms with van der Waals surface area (Å²) in [5.41, 5.74) is 0.452. The van der Waals surface area contributed by atoms with Crippen LogP contribution in [0.2, 0.25) is 5.02 Å². The van der Waals surface area contributed by atoms with Gasteiger partial charge in [0, 0.05) is 25.9 Å². The Labute approximate surface area is 117 Å². The van der Waals surface area contributed by atoms with E-state index in [-0.39, 0.29) is 18.1 Å². The molecule has 2 rings (SSSR count). The lowest BCUT2D eigenvalue weighted by Gasteiger charge is -2.34. The second kappa shape index (κ2) is 6.21. The number of nitrogens with one attached hydrogen (secondary N) is 2. The number of rotatable bonds is 5. The van der Waals surface area contributed by atoms with E-state index < -0.39 is 0 Å². The molecule has 0 radical (unpaired) electrons. The second-order valence-corrected chi connectivity index (χ2v) is 4.99. The molecule has 6 heteroatoms. The molecule has 1 fully saturated rings. The Morgan fingerprint density at radius 1 is 1.58 bits per heavy atom. The van der Waals surface area contributed by atoms with Crippen molar-refractivity contribution in [2.24, 2.45) is 0 Å². The largest absolute Gasteiger partial charge is 0.381 e. The molecule has 1 aliphatic carbocycles. The standard InChI is InChI=1S/C13H18ClN3O2/c1-3-15-12-6-10(11(14)7-16-12)13(18)17-8-4-9(5-8)19-2/h6-9H,3-5H2,1-2H3,(H,15,16)(H,17,18). The smallest absolute Gasteiger partial charge is 0.253 e. The van der Waals surface area contributed by atoms with Gasteiger partial charge in [-0.3, -0.25) is 4.79 Å². The van der Waals surface area contributed by atoms with Crippen molar-refractivity contribution < 1.29 is 9.53 Å². The summed E-state index contributed by atoms with van der Waals surface area (Å²) < 4.78 is 5.18. The van der Waals surface area contributed by atoms with E-state index in [1.54, 1.807) is 13.2 Å². The van der Waals surface area contributed by atoms with Crippen molar-refractivity contribution in [3.8, 4) is 0 Å². The molecule has 0 aromatic carbocycles. The van der Waals surface area contributed by atoms with Crippen molar-refractivity contribution in [3.63, 3.8) is 0 Å². The molecule has 104 valence electrons. The highest BCUT2D eigenvalue weighted by Crippen LogP contribution is 2.24. The summed E-state index contributed by atoms with van der Waals surface area (Å²) in [6.07, 6.45) is 3.46. The number of hydrogen-bond acceptors (Lipinski definition) is 4. The summed E-state index contributed by atoms with van der Waals surface area (Å²) in [5, 5.41) is 6.37. The number of hydrogen-bond donors (Lipinski definition) is 2. The van der Waals surface area contributed by atoms with Gasteiger partial charge in [0.2, 0.25) is 0 Å². The molecule has 0 bridgehead atoms. The first kappa shape index (κ1) is 14.1. The maximum atomic E-state index is 12.1. The van der Waals surface area contributed by atoms with Gasteiger partial charge in [-0.2, -0.15) is 0 Å². The summed E-state index contributed by atoms with van der Waals surface area (Å²) in [5.74, 6) is 0.492. The molecule has 1 heterocycles. The number of halogens is 1. The van der Waals surface area contributed by atoms with Crippen molar-refractivity contribution in [1.82, 2.24) is 10.3 Å². The number of aromatic nitrogens is 1. The van der Waals surface area contributed by atoms with Crippen LogP contribution in [0.3, 0.4) is 0 Å². The number of nitrogens with zero attached hydrogens (tertiary/aromatic N) is 1. The predicted octanol–water partition coefficient (Wildman–Crippen LogP) is 2.07. The molecular weight excluding hydrogens is 266 g/mol. The lowest BCUT2D eigenvalue weighted by molar-refractivity contribution is 0.0176. The first-order valence-electron chi connectivity index (χ1n) is 6.37. The van der Waals surface area contributed by atoms with Crippen molar-refractivity contribution in [2.45, 2.75) is 31.9 Å². The number of pyridine rings is 1. The molecular formula is C13H18ClN3O2. The molecule has 1 aliphatic rings. The summed E-state index contributed by atoms with van der Waals surface area (Å²) >= 11 is 6.02. The van der Waals surface area contributed by atoms with Gasteiger partial charge in [0.05, 0.1) is 16.7 Å². The molecule has 1 saturated carbocycles. The quantitative estimate of drug-likeness (QED) is 0.868.